The molecule has 0 saturated carbocycles. The summed E-state index contributed by atoms with van der Waals surface area (Å²) in [6.07, 6.45) is 2.59. The van der Waals surface area contributed by atoms with Gasteiger partial charge in [-0.3, -0.25) is 9.59 Å². The van der Waals surface area contributed by atoms with Gasteiger partial charge in [0.15, 0.2) is 0 Å². The molecule has 0 radical (unpaired) electrons. The first-order chi connectivity index (χ1) is 11.7. The third-order valence-corrected chi connectivity index (χ3v) is 4.96. The summed E-state index contributed by atoms with van der Waals surface area (Å²) >= 11 is 1.68. The van der Waals surface area contributed by atoms with Crippen LogP contribution in [-0.4, -0.2) is 24.6 Å². The van der Waals surface area contributed by atoms with Crippen molar-refractivity contribution in [2.24, 2.45) is 5.92 Å². The van der Waals surface area contributed by atoms with E-state index in [0.29, 0.717) is 19.5 Å². The Morgan fingerprint density at radius 2 is 1.88 bits per heavy atom. The summed E-state index contributed by atoms with van der Waals surface area (Å²) in [7, 11) is 0. The van der Waals surface area contributed by atoms with Gasteiger partial charge in [0.1, 0.15) is 5.92 Å². The van der Waals surface area contributed by atoms with E-state index >= 15 is 0 Å². The van der Waals surface area contributed by atoms with Crippen molar-refractivity contribution in [2.45, 2.75) is 17.9 Å². The molecule has 1 N–H and O–H groups in total. The Hall–Kier alpha value is -2.27. The monoisotopic (exact) mass is 340 g/mol. The van der Waals surface area contributed by atoms with Crippen LogP contribution in [-0.2, 0) is 16.1 Å². The number of para-hydroxylation sites is 1. The summed E-state index contributed by atoms with van der Waals surface area (Å²) in [5, 5.41) is 2.89. The Bertz CT molecular complexity index is 716. The molecule has 1 aliphatic rings. The molecule has 1 atom stereocenters. The lowest BCUT2D eigenvalue weighted by atomic mass is 10.1. The van der Waals surface area contributed by atoms with Crippen LogP contribution in [0, 0.1) is 5.92 Å². The smallest absolute Gasteiger partial charge is 0.239 e. The molecule has 24 heavy (non-hydrogen) atoms. The average Bonchev–Trinajstić information content (AvgIpc) is 3.02. The zero-order chi connectivity index (χ0) is 16.9. The highest BCUT2D eigenvalue weighted by atomic mass is 32.2. The molecule has 0 aromatic heterocycles. The summed E-state index contributed by atoms with van der Waals surface area (Å²) in [6.45, 7) is 1.03. The quantitative estimate of drug-likeness (QED) is 0.672. The third-order valence-electron chi connectivity index (χ3n) is 4.22. The van der Waals surface area contributed by atoms with Crippen molar-refractivity contribution in [1.29, 1.82) is 0 Å². The van der Waals surface area contributed by atoms with Crippen LogP contribution in [0.15, 0.2) is 59.5 Å². The van der Waals surface area contributed by atoms with Gasteiger partial charge in [-0.2, -0.15) is 0 Å². The molecule has 1 heterocycles. The number of rotatable bonds is 5. The van der Waals surface area contributed by atoms with E-state index in [1.807, 2.05) is 60.9 Å². The van der Waals surface area contributed by atoms with Crippen LogP contribution in [0.2, 0.25) is 0 Å². The first-order valence-corrected chi connectivity index (χ1v) is 9.18. The van der Waals surface area contributed by atoms with E-state index in [4.69, 9.17) is 0 Å². The van der Waals surface area contributed by atoms with Crippen molar-refractivity contribution in [2.75, 3.05) is 17.7 Å². The number of amides is 2. The number of nitrogens with zero attached hydrogens (tertiary/aromatic N) is 1. The normalized spacial score (nSPS) is 17.1. The molecule has 0 aliphatic carbocycles. The van der Waals surface area contributed by atoms with E-state index in [2.05, 4.69) is 5.32 Å². The summed E-state index contributed by atoms with van der Waals surface area (Å²) in [5.41, 5.74) is 1.89. The van der Waals surface area contributed by atoms with Crippen molar-refractivity contribution < 1.29 is 9.59 Å². The molecular formula is C19H20N2O2S. The first kappa shape index (κ1) is 16.6. The van der Waals surface area contributed by atoms with Crippen LogP contribution in [0.1, 0.15) is 12.0 Å². The lowest BCUT2D eigenvalue weighted by Gasteiger charge is -2.16. The lowest BCUT2D eigenvalue weighted by molar-refractivity contribution is -0.132. The summed E-state index contributed by atoms with van der Waals surface area (Å²) < 4.78 is 0. The molecule has 0 bridgehead atoms. The highest BCUT2D eigenvalue weighted by molar-refractivity contribution is 7.98. The van der Waals surface area contributed by atoms with Gasteiger partial charge >= 0.3 is 0 Å². The number of anilines is 1. The van der Waals surface area contributed by atoms with Crippen LogP contribution < -0.4 is 10.2 Å². The molecular weight excluding hydrogens is 320 g/mol. The molecule has 4 nitrogen and oxygen atoms in total. The Labute approximate surface area is 146 Å². The Morgan fingerprint density at radius 1 is 1.17 bits per heavy atom. The molecule has 5 heteroatoms. The fourth-order valence-corrected chi connectivity index (χ4v) is 3.25. The van der Waals surface area contributed by atoms with Crippen molar-refractivity contribution in [3.8, 4) is 0 Å². The van der Waals surface area contributed by atoms with Crippen LogP contribution >= 0.6 is 11.8 Å². The number of carbonyl (C=O) groups is 2. The molecule has 1 unspecified atom stereocenters. The zero-order valence-electron chi connectivity index (χ0n) is 13.6. The highest BCUT2D eigenvalue weighted by Gasteiger charge is 2.37. The molecule has 1 fully saturated rings. The number of thioether (sulfide) groups is 1. The molecule has 124 valence electrons. The SMILES string of the molecule is CSc1ccc(CNC(=O)C2CCN(c3ccccc3)C2=O)cc1. The number of carbonyl (C=O) groups excluding carboxylic acids is 2. The van der Waals surface area contributed by atoms with Crippen LogP contribution in [0.5, 0.6) is 0 Å². The van der Waals surface area contributed by atoms with Crippen molar-refractivity contribution >= 4 is 29.3 Å². The van der Waals surface area contributed by atoms with Crippen LogP contribution in [0.4, 0.5) is 5.69 Å². The predicted octanol–water partition coefficient (Wildman–Crippen LogP) is 3.08. The van der Waals surface area contributed by atoms with Crippen LogP contribution in [0.25, 0.3) is 0 Å². The lowest BCUT2D eigenvalue weighted by Crippen LogP contribution is -2.36. The summed E-state index contributed by atoms with van der Waals surface area (Å²) in [4.78, 5) is 27.8. The maximum atomic E-state index is 12.5. The minimum Gasteiger partial charge on any atom is -0.351 e. The Kier molecular flexibility index (Phi) is 5.20. The van der Waals surface area contributed by atoms with E-state index < -0.39 is 5.92 Å². The maximum absolute atomic E-state index is 12.5. The van der Waals surface area contributed by atoms with Gasteiger partial charge in [0, 0.05) is 23.7 Å². The second-order valence-electron chi connectivity index (χ2n) is 5.73. The van der Waals surface area contributed by atoms with Crippen molar-refractivity contribution in [3.05, 3.63) is 60.2 Å². The van der Waals surface area contributed by atoms with Gasteiger partial charge in [-0.05, 0) is 42.5 Å². The average molecular weight is 340 g/mol. The third kappa shape index (κ3) is 3.62. The molecule has 2 aromatic rings. The maximum Gasteiger partial charge on any atom is 0.239 e. The number of benzene rings is 2. The van der Waals surface area contributed by atoms with Crippen molar-refractivity contribution in [3.63, 3.8) is 0 Å². The standard InChI is InChI=1S/C19H20N2O2S/c1-24-16-9-7-14(8-10-16)13-20-18(22)17-11-12-21(19(17)23)15-5-3-2-4-6-15/h2-10,17H,11-13H2,1H3,(H,20,22). The second-order valence-corrected chi connectivity index (χ2v) is 6.61. The van der Waals surface area contributed by atoms with Crippen LogP contribution in [0.3, 0.4) is 0 Å². The number of hydrogen-bond donors (Lipinski definition) is 1. The van der Waals surface area contributed by atoms with Gasteiger partial charge < -0.3 is 10.2 Å². The summed E-state index contributed by atoms with van der Waals surface area (Å²) in [5.74, 6) is -0.889. The molecule has 2 aromatic carbocycles. The predicted molar refractivity (Wildman–Crippen MR) is 97.0 cm³/mol. The topological polar surface area (TPSA) is 49.4 Å². The largest absolute Gasteiger partial charge is 0.351 e. The summed E-state index contributed by atoms with van der Waals surface area (Å²) in [6, 6.07) is 17.6. The second kappa shape index (κ2) is 7.53. The molecule has 3 rings (SSSR count). The van der Waals surface area contributed by atoms with Gasteiger partial charge in [0.2, 0.25) is 11.8 Å². The molecule has 1 saturated heterocycles. The van der Waals surface area contributed by atoms with Gasteiger partial charge in [-0.15, -0.1) is 11.8 Å². The van der Waals surface area contributed by atoms with E-state index in [0.717, 1.165) is 11.3 Å². The minimum atomic E-state index is -0.587. The highest BCUT2D eigenvalue weighted by Crippen LogP contribution is 2.25. The van der Waals surface area contributed by atoms with E-state index in [1.54, 1.807) is 16.7 Å². The first-order valence-electron chi connectivity index (χ1n) is 7.96. The molecule has 1 aliphatic heterocycles. The van der Waals surface area contributed by atoms with E-state index in [1.165, 1.54) is 4.90 Å². The van der Waals surface area contributed by atoms with Gasteiger partial charge in [0.25, 0.3) is 0 Å². The van der Waals surface area contributed by atoms with Gasteiger partial charge in [-0.25, -0.2) is 0 Å². The van der Waals surface area contributed by atoms with E-state index in [9.17, 15) is 9.59 Å². The zero-order valence-corrected chi connectivity index (χ0v) is 14.4. The number of nitrogens with one attached hydrogen (secondary N) is 1. The number of hydrogen-bond acceptors (Lipinski definition) is 3. The molecule has 2 amide bonds. The van der Waals surface area contributed by atoms with Gasteiger partial charge in [0.05, 0.1) is 0 Å². The minimum absolute atomic E-state index is 0.114. The van der Waals surface area contributed by atoms with Crippen molar-refractivity contribution in [1.82, 2.24) is 5.32 Å². The van der Waals surface area contributed by atoms with Gasteiger partial charge in [-0.1, -0.05) is 30.3 Å². The molecule has 0 spiro atoms. The fraction of sp³-hybridized carbons (Fsp3) is 0.263. The Balaban J connectivity index is 1.58. The fourth-order valence-electron chi connectivity index (χ4n) is 2.84. The van der Waals surface area contributed by atoms with E-state index in [-0.39, 0.29) is 11.8 Å². The Morgan fingerprint density at radius 3 is 2.54 bits per heavy atom.